The smallest absolute Gasteiger partial charge is 0.106 e. The largest absolute Gasteiger partial charge is 0.399 e. The second-order valence-corrected chi connectivity index (χ2v) is 3.31. The first-order valence-electron chi connectivity index (χ1n) is 3.98. The van der Waals surface area contributed by atoms with Crippen LogP contribution in [0.2, 0.25) is 5.02 Å². The third-order valence-electron chi connectivity index (χ3n) is 1.85. The van der Waals surface area contributed by atoms with E-state index in [0.717, 1.165) is 21.7 Å². The van der Waals surface area contributed by atoms with Gasteiger partial charge in [0.1, 0.15) is 7.11 Å². The summed E-state index contributed by atoms with van der Waals surface area (Å²) in [6, 6.07) is 3.82. The van der Waals surface area contributed by atoms with E-state index in [2.05, 4.69) is 9.99 Å². The Balaban J connectivity index is 3.13. The Morgan fingerprint density at radius 3 is 2.31 bits per heavy atom. The van der Waals surface area contributed by atoms with Gasteiger partial charge in [0.15, 0.2) is 0 Å². The summed E-state index contributed by atoms with van der Waals surface area (Å²) >= 11 is 5.88. The van der Waals surface area contributed by atoms with E-state index >= 15 is 0 Å². The lowest BCUT2D eigenvalue weighted by Gasteiger charge is -2.04. The molecule has 0 heterocycles. The Kier molecular flexibility index (Phi) is 3.32. The molecule has 0 amide bonds. The van der Waals surface area contributed by atoms with Crippen molar-refractivity contribution in [3.05, 3.63) is 33.8 Å². The maximum absolute atomic E-state index is 5.88. The highest BCUT2D eigenvalue weighted by Gasteiger charge is 2.01. The Bertz CT molecular complexity index is 311. The van der Waals surface area contributed by atoms with Crippen LogP contribution in [0.25, 0.3) is 0 Å². The van der Waals surface area contributed by atoms with Crippen LogP contribution in [0.3, 0.4) is 0 Å². The van der Waals surface area contributed by atoms with Gasteiger partial charge in [-0.3, -0.25) is 0 Å². The lowest BCUT2D eigenvalue weighted by molar-refractivity contribution is 0.215. The maximum Gasteiger partial charge on any atom is 0.106 e. The normalized spacial score (nSPS) is 10.8. The fourth-order valence-electron chi connectivity index (χ4n) is 1.23. The molecule has 0 N–H and O–H groups in total. The highest BCUT2D eigenvalue weighted by Crippen LogP contribution is 2.18. The van der Waals surface area contributed by atoms with E-state index in [4.69, 9.17) is 11.6 Å². The molecule has 0 saturated heterocycles. The van der Waals surface area contributed by atoms with E-state index in [1.54, 1.807) is 6.21 Å². The van der Waals surface area contributed by atoms with Gasteiger partial charge in [0.05, 0.1) is 6.21 Å². The lowest BCUT2D eigenvalue weighted by Crippen LogP contribution is -1.92. The van der Waals surface area contributed by atoms with Gasteiger partial charge in [-0.1, -0.05) is 16.8 Å². The minimum absolute atomic E-state index is 0.754. The SMILES string of the molecule is CON=Cc1c(C)cc(Cl)cc1C. The van der Waals surface area contributed by atoms with Gasteiger partial charge in [-0.2, -0.15) is 0 Å². The minimum Gasteiger partial charge on any atom is -0.399 e. The predicted molar refractivity (Wildman–Crippen MR) is 55.5 cm³/mol. The second-order valence-electron chi connectivity index (χ2n) is 2.87. The Hall–Kier alpha value is -1.02. The molecule has 13 heavy (non-hydrogen) atoms. The Morgan fingerprint density at radius 1 is 1.31 bits per heavy atom. The number of hydrogen-bond donors (Lipinski definition) is 0. The van der Waals surface area contributed by atoms with Crippen LogP contribution in [-0.2, 0) is 4.84 Å². The number of oxime groups is 1. The fourth-order valence-corrected chi connectivity index (χ4v) is 1.56. The standard InChI is InChI=1S/C10H12ClNO/c1-7-4-9(11)5-8(2)10(7)6-12-13-3/h4-6H,1-3H3. The summed E-state index contributed by atoms with van der Waals surface area (Å²) in [5.41, 5.74) is 3.27. The summed E-state index contributed by atoms with van der Waals surface area (Å²) in [4.78, 5) is 4.62. The van der Waals surface area contributed by atoms with Gasteiger partial charge >= 0.3 is 0 Å². The summed E-state index contributed by atoms with van der Waals surface area (Å²) < 4.78 is 0. The molecular formula is C10H12ClNO. The summed E-state index contributed by atoms with van der Waals surface area (Å²) in [7, 11) is 1.52. The first-order valence-corrected chi connectivity index (χ1v) is 4.36. The third-order valence-corrected chi connectivity index (χ3v) is 2.06. The van der Waals surface area contributed by atoms with Gasteiger partial charge in [0, 0.05) is 10.6 Å². The molecule has 70 valence electrons. The van der Waals surface area contributed by atoms with E-state index < -0.39 is 0 Å². The van der Waals surface area contributed by atoms with Crippen LogP contribution in [0.1, 0.15) is 16.7 Å². The Morgan fingerprint density at radius 2 is 1.85 bits per heavy atom. The maximum atomic E-state index is 5.88. The minimum atomic E-state index is 0.754. The molecule has 0 atom stereocenters. The molecule has 1 aromatic rings. The summed E-state index contributed by atoms with van der Waals surface area (Å²) in [6.07, 6.45) is 1.70. The molecule has 0 fully saturated rings. The first-order chi connectivity index (χ1) is 6.15. The Labute approximate surface area is 83.2 Å². The van der Waals surface area contributed by atoms with Crippen LogP contribution in [0.4, 0.5) is 0 Å². The number of halogens is 1. The van der Waals surface area contributed by atoms with Crippen molar-refractivity contribution in [2.75, 3.05) is 7.11 Å². The number of hydrogen-bond acceptors (Lipinski definition) is 2. The van der Waals surface area contributed by atoms with E-state index in [-0.39, 0.29) is 0 Å². The first kappa shape index (κ1) is 10.1. The topological polar surface area (TPSA) is 21.6 Å². The van der Waals surface area contributed by atoms with Crippen LogP contribution in [0.15, 0.2) is 17.3 Å². The van der Waals surface area contributed by atoms with Gasteiger partial charge in [-0.15, -0.1) is 0 Å². The van der Waals surface area contributed by atoms with Crippen molar-refractivity contribution in [3.8, 4) is 0 Å². The van der Waals surface area contributed by atoms with Crippen molar-refractivity contribution in [1.29, 1.82) is 0 Å². The van der Waals surface area contributed by atoms with Crippen molar-refractivity contribution in [3.63, 3.8) is 0 Å². The molecular weight excluding hydrogens is 186 g/mol. The summed E-state index contributed by atoms with van der Waals surface area (Å²) in [5, 5.41) is 4.48. The van der Waals surface area contributed by atoms with Gasteiger partial charge in [-0.05, 0) is 37.1 Å². The molecule has 0 radical (unpaired) electrons. The van der Waals surface area contributed by atoms with Crippen molar-refractivity contribution in [2.24, 2.45) is 5.16 Å². The molecule has 2 nitrogen and oxygen atoms in total. The van der Waals surface area contributed by atoms with Gasteiger partial charge < -0.3 is 4.84 Å². The van der Waals surface area contributed by atoms with Gasteiger partial charge in [0.25, 0.3) is 0 Å². The van der Waals surface area contributed by atoms with Crippen LogP contribution in [0, 0.1) is 13.8 Å². The molecule has 0 unspecified atom stereocenters. The fraction of sp³-hybridized carbons (Fsp3) is 0.300. The highest BCUT2D eigenvalue weighted by molar-refractivity contribution is 6.30. The molecule has 0 spiro atoms. The highest BCUT2D eigenvalue weighted by atomic mass is 35.5. The molecule has 0 aromatic heterocycles. The van der Waals surface area contributed by atoms with Crippen molar-refractivity contribution in [1.82, 2.24) is 0 Å². The second kappa shape index (κ2) is 4.28. The van der Waals surface area contributed by atoms with Crippen LogP contribution in [-0.4, -0.2) is 13.3 Å². The zero-order valence-electron chi connectivity index (χ0n) is 7.97. The van der Waals surface area contributed by atoms with E-state index in [9.17, 15) is 0 Å². The number of nitrogens with zero attached hydrogens (tertiary/aromatic N) is 1. The quantitative estimate of drug-likeness (QED) is 0.528. The third kappa shape index (κ3) is 2.46. The molecule has 3 heteroatoms. The average Bonchev–Trinajstić information content (AvgIpc) is 2.02. The van der Waals surface area contributed by atoms with Crippen LogP contribution >= 0.6 is 11.6 Å². The molecule has 1 aromatic carbocycles. The van der Waals surface area contributed by atoms with E-state index in [1.807, 2.05) is 26.0 Å². The zero-order chi connectivity index (χ0) is 9.84. The van der Waals surface area contributed by atoms with Gasteiger partial charge in [-0.25, -0.2) is 0 Å². The number of rotatable bonds is 2. The average molecular weight is 198 g/mol. The van der Waals surface area contributed by atoms with Crippen LogP contribution in [0.5, 0.6) is 0 Å². The van der Waals surface area contributed by atoms with Crippen LogP contribution < -0.4 is 0 Å². The summed E-state index contributed by atoms with van der Waals surface area (Å²) in [5.74, 6) is 0. The molecule has 1 rings (SSSR count). The molecule has 0 bridgehead atoms. The molecule has 0 aliphatic rings. The van der Waals surface area contributed by atoms with Gasteiger partial charge in [0.2, 0.25) is 0 Å². The van der Waals surface area contributed by atoms with Crippen molar-refractivity contribution < 1.29 is 4.84 Å². The van der Waals surface area contributed by atoms with Crippen molar-refractivity contribution >= 4 is 17.8 Å². The van der Waals surface area contributed by atoms with Crippen molar-refractivity contribution in [2.45, 2.75) is 13.8 Å². The number of benzene rings is 1. The predicted octanol–water partition coefficient (Wildman–Crippen LogP) is 2.94. The monoisotopic (exact) mass is 197 g/mol. The molecule has 0 aliphatic carbocycles. The molecule has 0 saturated carbocycles. The van der Waals surface area contributed by atoms with E-state index in [0.29, 0.717) is 0 Å². The summed E-state index contributed by atoms with van der Waals surface area (Å²) in [6.45, 7) is 3.99. The zero-order valence-corrected chi connectivity index (χ0v) is 8.72. The van der Waals surface area contributed by atoms with E-state index in [1.165, 1.54) is 7.11 Å². The molecule has 0 aliphatic heterocycles. The number of aryl methyl sites for hydroxylation is 2. The lowest BCUT2D eigenvalue weighted by atomic mass is 10.0.